The standard InChI is InChI=1S/C11H14N4OS.2ClH/c16-11-10-8(1-6-17-10)13-9(14-11)7-15-4-2-12-3-5-15;;/h1,6,10,12H,2-5,7H2;2*1H. The molecule has 0 aromatic carbocycles. The Bertz CT molecular complexity index is 432. The predicted molar refractivity (Wildman–Crippen MR) is 84.2 cm³/mol. The number of hydrogen-bond donors (Lipinski definition) is 1. The van der Waals surface area contributed by atoms with Crippen molar-refractivity contribution in [2.45, 2.75) is 5.25 Å². The molecule has 0 saturated carbocycles. The molecule has 0 aliphatic carbocycles. The number of allylic oxidation sites excluding steroid dienone is 1. The van der Waals surface area contributed by atoms with Crippen LogP contribution < -0.4 is 5.32 Å². The minimum atomic E-state index is -0.179. The van der Waals surface area contributed by atoms with Gasteiger partial charge in [0.2, 0.25) is 0 Å². The van der Waals surface area contributed by atoms with E-state index in [1.807, 2.05) is 11.5 Å². The van der Waals surface area contributed by atoms with E-state index in [0.29, 0.717) is 12.4 Å². The highest BCUT2D eigenvalue weighted by Crippen LogP contribution is 2.25. The highest BCUT2D eigenvalue weighted by Gasteiger charge is 2.30. The summed E-state index contributed by atoms with van der Waals surface area (Å²) in [6.07, 6.45) is 1.92. The van der Waals surface area contributed by atoms with Crippen LogP contribution in [0.4, 0.5) is 0 Å². The van der Waals surface area contributed by atoms with E-state index in [-0.39, 0.29) is 36.0 Å². The first-order chi connectivity index (χ1) is 8.33. The minimum Gasteiger partial charge on any atom is -0.314 e. The molecule has 3 rings (SSSR count). The number of rotatable bonds is 2. The largest absolute Gasteiger partial charge is 0.314 e. The molecule has 0 aromatic rings. The summed E-state index contributed by atoms with van der Waals surface area (Å²) in [5, 5.41) is 5.04. The van der Waals surface area contributed by atoms with Gasteiger partial charge in [-0.15, -0.1) is 36.6 Å². The van der Waals surface area contributed by atoms with E-state index in [1.165, 1.54) is 11.8 Å². The second kappa shape index (κ2) is 7.40. The molecule has 5 nitrogen and oxygen atoms in total. The Labute approximate surface area is 128 Å². The summed E-state index contributed by atoms with van der Waals surface area (Å²) in [7, 11) is 0. The third-order valence-corrected chi connectivity index (χ3v) is 4.03. The zero-order valence-corrected chi connectivity index (χ0v) is 12.7. The highest BCUT2D eigenvalue weighted by molar-refractivity contribution is 8.04. The van der Waals surface area contributed by atoms with Gasteiger partial charge in [0, 0.05) is 26.2 Å². The number of nitrogens with one attached hydrogen (secondary N) is 1. The number of piperazine rings is 1. The maximum atomic E-state index is 11.8. The lowest BCUT2D eigenvalue weighted by atomic mass is 10.2. The summed E-state index contributed by atoms with van der Waals surface area (Å²) < 4.78 is 0. The first kappa shape index (κ1) is 16.7. The monoisotopic (exact) mass is 322 g/mol. The average molecular weight is 323 g/mol. The summed E-state index contributed by atoms with van der Waals surface area (Å²) in [5.74, 6) is 0.602. The third kappa shape index (κ3) is 3.79. The van der Waals surface area contributed by atoms with Gasteiger partial charge in [0.05, 0.1) is 12.3 Å². The molecule has 1 unspecified atom stereocenters. The molecule has 1 amide bonds. The van der Waals surface area contributed by atoms with E-state index >= 15 is 0 Å². The summed E-state index contributed by atoms with van der Waals surface area (Å²) in [6.45, 7) is 4.66. The van der Waals surface area contributed by atoms with Crippen molar-refractivity contribution in [3.8, 4) is 0 Å². The van der Waals surface area contributed by atoms with Gasteiger partial charge in [0.15, 0.2) is 0 Å². The van der Waals surface area contributed by atoms with Crippen LogP contribution in [0.15, 0.2) is 21.5 Å². The number of amidine groups is 1. The summed E-state index contributed by atoms with van der Waals surface area (Å²) in [6, 6.07) is 0. The molecule has 1 saturated heterocycles. The highest BCUT2D eigenvalue weighted by atomic mass is 35.5. The fourth-order valence-electron chi connectivity index (χ4n) is 2.13. The van der Waals surface area contributed by atoms with Gasteiger partial charge in [0.25, 0.3) is 5.91 Å². The van der Waals surface area contributed by atoms with Crippen LogP contribution in [-0.4, -0.2) is 60.3 Å². The van der Waals surface area contributed by atoms with Gasteiger partial charge >= 0.3 is 0 Å². The fourth-order valence-corrected chi connectivity index (χ4v) is 2.94. The number of amides is 1. The van der Waals surface area contributed by atoms with E-state index in [1.54, 1.807) is 0 Å². The van der Waals surface area contributed by atoms with Gasteiger partial charge in [-0.25, -0.2) is 4.99 Å². The zero-order valence-electron chi connectivity index (χ0n) is 10.2. The Balaban J connectivity index is 0.000000902. The molecule has 8 heteroatoms. The molecule has 19 heavy (non-hydrogen) atoms. The minimum absolute atomic E-state index is 0. The number of nitrogens with zero attached hydrogens (tertiary/aromatic N) is 3. The quantitative estimate of drug-likeness (QED) is 0.815. The van der Waals surface area contributed by atoms with Crippen LogP contribution in [0.25, 0.3) is 0 Å². The molecule has 3 heterocycles. The molecule has 106 valence electrons. The number of thioether (sulfide) groups is 1. The van der Waals surface area contributed by atoms with Crippen LogP contribution in [0, 0.1) is 0 Å². The molecule has 0 spiro atoms. The van der Waals surface area contributed by atoms with Crippen LogP contribution in [0.5, 0.6) is 0 Å². The SMILES string of the molecule is Cl.Cl.O=C1N=C(CN2CCNCC2)N=C2C=CSC12. The van der Waals surface area contributed by atoms with E-state index in [4.69, 9.17) is 0 Å². The van der Waals surface area contributed by atoms with Crippen LogP contribution in [0.3, 0.4) is 0 Å². The average Bonchev–Trinajstić information content (AvgIpc) is 2.79. The molecule has 3 aliphatic heterocycles. The zero-order chi connectivity index (χ0) is 11.7. The van der Waals surface area contributed by atoms with Crippen molar-refractivity contribution in [3.63, 3.8) is 0 Å². The van der Waals surface area contributed by atoms with Crippen molar-refractivity contribution < 1.29 is 4.79 Å². The molecule has 1 fully saturated rings. The Morgan fingerprint density at radius 1 is 1.32 bits per heavy atom. The normalized spacial score (nSPS) is 25.9. The summed E-state index contributed by atoms with van der Waals surface area (Å²) >= 11 is 1.49. The Hall–Kier alpha value is -0.400. The lowest BCUT2D eigenvalue weighted by Gasteiger charge is -2.27. The van der Waals surface area contributed by atoms with Gasteiger partial charge in [-0.2, -0.15) is 4.99 Å². The van der Waals surface area contributed by atoms with Gasteiger partial charge in [0.1, 0.15) is 11.1 Å². The van der Waals surface area contributed by atoms with Crippen LogP contribution in [0.1, 0.15) is 0 Å². The first-order valence-electron chi connectivity index (χ1n) is 5.78. The molecule has 1 atom stereocenters. The number of hydrogen-bond acceptors (Lipinski definition) is 5. The lowest BCUT2D eigenvalue weighted by Crippen LogP contribution is -2.46. The number of carbonyl (C=O) groups excluding carboxylic acids is 1. The van der Waals surface area contributed by atoms with Crippen molar-refractivity contribution >= 4 is 54.0 Å². The second-order valence-electron chi connectivity index (χ2n) is 4.25. The van der Waals surface area contributed by atoms with Gasteiger partial charge in [-0.05, 0) is 11.5 Å². The van der Waals surface area contributed by atoms with E-state index in [9.17, 15) is 4.79 Å². The third-order valence-electron chi connectivity index (χ3n) is 3.02. The van der Waals surface area contributed by atoms with Gasteiger partial charge < -0.3 is 5.32 Å². The predicted octanol–water partition coefficient (Wildman–Crippen LogP) is 0.744. The van der Waals surface area contributed by atoms with Crippen LogP contribution in [-0.2, 0) is 4.79 Å². The summed E-state index contributed by atoms with van der Waals surface area (Å²) in [5.41, 5.74) is 0.861. The number of aliphatic imine (C=N–C) groups is 2. The second-order valence-corrected chi connectivity index (χ2v) is 5.26. The molecular weight excluding hydrogens is 307 g/mol. The first-order valence-corrected chi connectivity index (χ1v) is 6.72. The Morgan fingerprint density at radius 2 is 2.05 bits per heavy atom. The van der Waals surface area contributed by atoms with Gasteiger partial charge in [-0.1, -0.05) is 0 Å². The number of halogens is 2. The molecule has 0 radical (unpaired) electrons. The van der Waals surface area contributed by atoms with E-state index < -0.39 is 0 Å². The van der Waals surface area contributed by atoms with Crippen LogP contribution >= 0.6 is 36.6 Å². The smallest absolute Gasteiger partial charge is 0.267 e. The maximum absolute atomic E-state index is 11.8. The van der Waals surface area contributed by atoms with Crippen molar-refractivity contribution in [1.29, 1.82) is 0 Å². The van der Waals surface area contributed by atoms with Crippen molar-refractivity contribution in [1.82, 2.24) is 10.2 Å². The van der Waals surface area contributed by atoms with E-state index in [0.717, 1.165) is 31.9 Å². The molecule has 3 aliphatic rings. The summed E-state index contributed by atoms with van der Waals surface area (Å²) in [4.78, 5) is 22.6. The van der Waals surface area contributed by atoms with E-state index in [2.05, 4.69) is 20.2 Å². The molecular formula is C11H16Cl2N4OS. The van der Waals surface area contributed by atoms with Crippen molar-refractivity contribution in [2.75, 3.05) is 32.7 Å². The topological polar surface area (TPSA) is 57.1 Å². The number of fused-ring (bicyclic) bond motifs is 1. The van der Waals surface area contributed by atoms with Crippen LogP contribution in [0.2, 0.25) is 0 Å². The Kier molecular flexibility index (Phi) is 6.49. The molecule has 1 N–H and O–H groups in total. The lowest BCUT2D eigenvalue weighted by molar-refractivity contribution is -0.116. The number of carbonyl (C=O) groups is 1. The molecule has 0 aromatic heterocycles. The Morgan fingerprint density at radius 3 is 2.79 bits per heavy atom. The fraction of sp³-hybridized carbons (Fsp3) is 0.545. The van der Waals surface area contributed by atoms with Gasteiger partial charge in [-0.3, -0.25) is 9.69 Å². The van der Waals surface area contributed by atoms with Crippen molar-refractivity contribution in [3.05, 3.63) is 11.5 Å². The maximum Gasteiger partial charge on any atom is 0.267 e. The molecule has 0 bridgehead atoms. The van der Waals surface area contributed by atoms with Crippen molar-refractivity contribution in [2.24, 2.45) is 9.98 Å².